The third-order valence-corrected chi connectivity index (χ3v) is 6.46. The number of carbonyl (C=O) groups excluding carboxylic acids is 1. The van der Waals surface area contributed by atoms with E-state index in [9.17, 15) is 9.18 Å². The smallest absolute Gasteiger partial charge is 0.252 e. The number of benzene rings is 1. The lowest BCUT2D eigenvalue weighted by Gasteiger charge is -2.30. The molecule has 31 heavy (non-hydrogen) atoms. The molecule has 0 radical (unpaired) electrons. The lowest BCUT2D eigenvalue weighted by Crippen LogP contribution is -2.36. The largest absolute Gasteiger partial charge is 0.341 e. The minimum absolute atomic E-state index is 0.226. The summed E-state index contributed by atoms with van der Waals surface area (Å²) in [6.07, 6.45) is 5.31. The summed E-state index contributed by atoms with van der Waals surface area (Å²) in [5, 5.41) is 3.12. The van der Waals surface area contributed by atoms with E-state index in [1.54, 1.807) is 6.20 Å². The maximum Gasteiger partial charge on any atom is 0.252 e. The monoisotopic (exact) mass is 481 g/mol. The molecule has 0 saturated heterocycles. The Bertz CT molecular complexity index is 1180. The van der Waals surface area contributed by atoms with Crippen molar-refractivity contribution in [3.05, 3.63) is 75.7 Å². The average Bonchev–Trinajstić information content (AvgIpc) is 3.55. The summed E-state index contributed by atoms with van der Waals surface area (Å²) in [5.74, 6) is 0.994. The lowest BCUT2D eigenvalue weighted by atomic mass is 10.0. The predicted molar refractivity (Wildman–Crippen MR) is 119 cm³/mol. The van der Waals surface area contributed by atoms with Crippen LogP contribution in [0.2, 0.25) is 0 Å². The predicted octanol–water partition coefficient (Wildman–Crippen LogP) is 4.59. The van der Waals surface area contributed by atoms with Gasteiger partial charge >= 0.3 is 0 Å². The van der Waals surface area contributed by atoms with Crippen molar-refractivity contribution in [1.29, 1.82) is 0 Å². The van der Waals surface area contributed by atoms with Gasteiger partial charge in [-0.05, 0) is 84.9 Å². The zero-order valence-electron chi connectivity index (χ0n) is 17.0. The van der Waals surface area contributed by atoms with Gasteiger partial charge in [0.25, 0.3) is 5.91 Å². The second-order valence-corrected chi connectivity index (χ2v) is 8.90. The third-order valence-electron chi connectivity index (χ3n) is 5.85. The number of hydrogen-bond acceptors (Lipinski definition) is 5. The van der Waals surface area contributed by atoms with Crippen molar-refractivity contribution in [3.63, 3.8) is 0 Å². The summed E-state index contributed by atoms with van der Waals surface area (Å²) in [4.78, 5) is 28.7. The van der Waals surface area contributed by atoms with Crippen LogP contribution >= 0.6 is 15.9 Å². The van der Waals surface area contributed by atoms with Gasteiger partial charge in [0.1, 0.15) is 17.5 Å². The number of halogens is 2. The second-order valence-electron chi connectivity index (χ2n) is 8.04. The minimum Gasteiger partial charge on any atom is -0.341 e. The molecule has 1 aliphatic heterocycles. The maximum atomic E-state index is 13.5. The van der Waals surface area contributed by atoms with Crippen molar-refractivity contribution in [3.8, 4) is 0 Å². The van der Waals surface area contributed by atoms with Crippen LogP contribution in [0.4, 0.5) is 15.9 Å². The topological polar surface area (TPSA) is 71.0 Å². The van der Waals surface area contributed by atoms with Gasteiger partial charge in [-0.2, -0.15) is 0 Å². The average molecular weight is 482 g/mol. The Morgan fingerprint density at radius 1 is 1.19 bits per heavy atom. The molecule has 158 valence electrons. The number of nitrogens with zero attached hydrogens (tertiary/aromatic N) is 4. The summed E-state index contributed by atoms with van der Waals surface area (Å²) < 4.78 is 13.8. The number of aryl methyl sites for hydroxylation is 2. The summed E-state index contributed by atoms with van der Waals surface area (Å²) >= 11 is 3.14. The molecule has 3 heterocycles. The molecule has 1 fully saturated rings. The first-order chi connectivity index (χ1) is 14.9. The molecule has 1 aromatic carbocycles. The standard InChI is InChI=1S/C23H21BrFN5O/c1-14-26-11-8-21(27-14)30-12-2-3-18-19(30)6-7-20(28-18)23(9-10-23)29-22(31)15-4-5-17(25)16(24)13-15/h4-8,11,13H,2-3,9-10,12H2,1H3,(H,29,31). The van der Waals surface area contributed by atoms with E-state index in [4.69, 9.17) is 4.98 Å². The highest BCUT2D eigenvalue weighted by Gasteiger charge is 2.47. The first-order valence-electron chi connectivity index (χ1n) is 10.3. The Morgan fingerprint density at radius 3 is 2.77 bits per heavy atom. The van der Waals surface area contributed by atoms with Gasteiger partial charge in [-0.15, -0.1) is 0 Å². The molecule has 1 amide bonds. The van der Waals surface area contributed by atoms with Gasteiger partial charge in [-0.1, -0.05) is 0 Å². The molecular weight excluding hydrogens is 461 g/mol. The summed E-state index contributed by atoms with van der Waals surface area (Å²) in [7, 11) is 0. The number of aromatic nitrogens is 3. The van der Waals surface area contributed by atoms with Crippen LogP contribution in [0.25, 0.3) is 0 Å². The van der Waals surface area contributed by atoms with E-state index in [0.717, 1.165) is 60.9 Å². The quantitative estimate of drug-likeness (QED) is 0.590. The van der Waals surface area contributed by atoms with Crippen LogP contribution in [0, 0.1) is 12.7 Å². The molecule has 5 rings (SSSR count). The molecule has 0 unspecified atom stereocenters. The van der Waals surface area contributed by atoms with E-state index < -0.39 is 11.4 Å². The SMILES string of the molecule is Cc1nccc(N2CCCc3nc(C4(NC(=O)c5ccc(F)c(Br)c5)CC4)ccc32)n1. The van der Waals surface area contributed by atoms with E-state index >= 15 is 0 Å². The fourth-order valence-corrected chi connectivity index (χ4v) is 4.42. The van der Waals surface area contributed by atoms with Gasteiger partial charge in [0.2, 0.25) is 0 Å². The van der Waals surface area contributed by atoms with E-state index in [-0.39, 0.29) is 10.4 Å². The Morgan fingerprint density at radius 2 is 2.03 bits per heavy atom. The van der Waals surface area contributed by atoms with E-state index in [0.29, 0.717) is 5.56 Å². The highest BCUT2D eigenvalue weighted by Crippen LogP contribution is 2.46. The maximum absolute atomic E-state index is 13.5. The number of amides is 1. The fourth-order valence-electron chi connectivity index (χ4n) is 4.04. The molecule has 2 aromatic heterocycles. The molecule has 0 spiro atoms. The Hall–Kier alpha value is -2.87. The number of carbonyl (C=O) groups is 1. The number of nitrogens with one attached hydrogen (secondary N) is 1. The van der Waals surface area contributed by atoms with Gasteiger partial charge in [-0.25, -0.2) is 14.4 Å². The molecule has 0 bridgehead atoms. The Labute approximate surface area is 188 Å². The van der Waals surface area contributed by atoms with Crippen LogP contribution in [-0.4, -0.2) is 27.4 Å². The van der Waals surface area contributed by atoms with Crippen LogP contribution in [-0.2, 0) is 12.0 Å². The number of pyridine rings is 1. The van der Waals surface area contributed by atoms with E-state index in [1.807, 2.05) is 19.1 Å². The highest BCUT2D eigenvalue weighted by molar-refractivity contribution is 9.10. The van der Waals surface area contributed by atoms with Gasteiger partial charge in [0.05, 0.1) is 27.1 Å². The van der Waals surface area contributed by atoms with Gasteiger partial charge in [0.15, 0.2) is 0 Å². The summed E-state index contributed by atoms with van der Waals surface area (Å²) in [6, 6.07) is 10.3. The highest BCUT2D eigenvalue weighted by atomic mass is 79.9. The van der Waals surface area contributed by atoms with E-state index in [2.05, 4.69) is 42.2 Å². The van der Waals surface area contributed by atoms with Crippen LogP contribution < -0.4 is 10.2 Å². The van der Waals surface area contributed by atoms with Crippen molar-refractivity contribution >= 4 is 33.3 Å². The number of hydrogen-bond donors (Lipinski definition) is 1. The van der Waals surface area contributed by atoms with Crippen molar-refractivity contribution in [2.75, 3.05) is 11.4 Å². The zero-order valence-corrected chi connectivity index (χ0v) is 18.6. The van der Waals surface area contributed by atoms with Gasteiger partial charge in [0, 0.05) is 18.3 Å². The molecular formula is C23H21BrFN5O. The molecule has 1 aliphatic carbocycles. The first kappa shape index (κ1) is 20.1. The number of anilines is 2. The number of fused-ring (bicyclic) bond motifs is 1. The van der Waals surface area contributed by atoms with E-state index in [1.165, 1.54) is 18.2 Å². The van der Waals surface area contributed by atoms with Crippen molar-refractivity contribution < 1.29 is 9.18 Å². The van der Waals surface area contributed by atoms with Gasteiger partial charge in [-0.3, -0.25) is 9.78 Å². The molecule has 2 aliphatic rings. The zero-order chi connectivity index (χ0) is 21.6. The normalized spacial score (nSPS) is 16.5. The minimum atomic E-state index is -0.458. The Balaban J connectivity index is 1.41. The molecule has 3 aromatic rings. The molecule has 1 N–H and O–H groups in total. The molecule has 0 atom stereocenters. The lowest BCUT2D eigenvalue weighted by molar-refractivity contribution is 0.0929. The van der Waals surface area contributed by atoms with Crippen LogP contribution in [0.15, 0.2) is 47.1 Å². The number of rotatable bonds is 4. The second kappa shape index (κ2) is 7.67. The van der Waals surface area contributed by atoms with Crippen LogP contribution in [0.3, 0.4) is 0 Å². The van der Waals surface area contributed by atoms with Crippen LogP contribution in [0.1, 0.15) is 46.8 Å². The molecule has 6 nitrogen and oxygen atoms in total. The fraction of sp³-hybridized carbons (Fsp3) is 0.304. The Kier molecular flexibility index (Phi) is 4.97. The van der Waals surface area contributed by atoms with Crippen molar-refractivity contribution in [1.82, 2.24) is 20.3 Å². The van der Waals surface area contributed by atoms with Crippen molar-refractivity contribution in [2.45, 2.75) is 38.1 Å². The first-order valence-corrected chi connectivity index (χ1v) is 11.1. The molecule has 1 saturated carbocycles. The summed E-state index contributed by atoms with van der Waals surface area (Å²) in [5.41, 5.74) is 2.91. The molecule has 8 heteroatoms. The van der Waals surface area contributed by atoms with Crippen molar-refractivity contribution in [2.24, 2.45) is 0 Å². The van der Waals surface area contributed by atoms with Gasteiger partial charge < -0.3 is 10.2 Å². The third kappa shape index (κ3) is 3.80. The van der Waals surface area contributed by atoms with Crippen LogP contribution in [0.5, 0.6) is 0 Å². The summed E-state index contributed by atoms with van der Waals surface area (Å²) in [6.45, 7) is 2.76.